The van der Waals surface area contributed by atoms with Crippen LogP contribution in [0.3, 0.4) is 0 Å². The smallest absolute Gasteiger partial charge is 0.228 e. The second-order valence-corrected chi connectivity index (χ2v) is 5.11. The van der Waals surface area contributed by atoms with Gasteiger partial charge in [-0.15, -0.1) is 0 Å². The summed E-state index contributed by atoms with van der Waals surface area (Å²) in [7, 11) is 0. The van der Waals surface area contributed by atoms with Crippen molar-refractivity contribution in [3.05, 3.63) is 36.2 Å². The van der Waals surface area contributed by atoms with E-state index in [-0.39, 0.29) is 11.8 Å². The maximum atomic E-state index is 11.9. The fourth-order valence-corrected chi connectivity index (χ4v) is 1.82. The summed E-state index contributed by atoms with van der Waals surface area (Å²) in [6.07, 6.45) is 2.45. The van der Waals surface area contributed by atoms with Gasteiger partial charge in [0.25, 0.3) is 0 Å². The van der Waals surface area contributed by atoms with E-state index in [2.05, 4.69) is 15.3 Å². The molecule has 21 heavy (non-hydrogen) atoms. The molecule has 2 rings (SSSR count). The van der Waals surface area contributed by atoms with Gasteiger partial charge >= 0.3 is 0 Å². The monoisotopic (exact) mass is 284 g/mol. The molecular weight excluding hydrogens is 264 g/mol. The molecule has 110 valence electrons. The molecule has 5 nitrogen and oxygen atoms in total. The quantitative estimate of drug-likeness (QED) is 0.846. The van der Waals surface area contributed by atoms with Crippen molar-refractivity contribution in [1.82, 2.24) is 9.97 Å². The van der Waals surface area contributed by atoms with Crippen LogP contribution in [0.1, 0.15) is 26.0 Å². The van der Waals surface area contributed by atoms with Gasteiger partial charge in [0.1, 0.15) is 0 Å². The van der Waals surface area contributed by atoms with Crippen molar-refractivity contribution in [1.29, 1.82) is 0 Å². The van der Waals surface area contributed by atoms with E-state index in [4.69, 9.17) is 5.73 Å². The highest BCUT2D eigenvalue weighted by atomic mass is 16.1. The van der Waals surface area contributed by atoms with E-state index in [0.717, 1.165) is 17.7 Å². The second-order valence-electron chi connectivity index (χ2n) is 5.11. The zero-order valence-electron chi connectivity index (χ0n) is 12.6. The molecule has 1 amide bonds. The zero-order chi connectivity index (χ0) is 15.4. The normalized spacial score (nSPS) is 12.0. The molecule has 1 aromatic heterocycles. The molecule has 0 saturated heterocycles. The summed E-state index contributed by atoms with van der Waals surface area (Å²) in [5.74, 6) is 0.442. The lowest BCUT2D eigenvalue weighted by molar-refractivity contribution is -0.119. The number of rotatable bonds is 4. The Morgan fingerprint density at radius 2 is 2.00 bits per heavy atom. The van der Waals surface area contributed by atoms with Crippen molar-refractivity contribution < 1.29 is 4.79 Å². The van der Waals surface area contributed by atoms with Gasteiger partial charge in [-0.2, -0.15) is 0 Å². The van der Waals surface area contributed by atoms with Crippen molar-refractivity contribution in [3.8, 4) is 11.3 Å². The molecule has 0 radical (unpaired) electrons. The van der Waals surface area contributed by atoms with E-state index >= 15 is 0 Å². The molecule has 0 saturated carbocycles. The van der Waals surface area contributed by atoms with Crippen LogP contribution in [0.4, 0.5) is 11.5 Å². The molecule has 0 aliphatic carbocycles. The zero-order valence-corrected chi connectivity index (χ0v) is 12.6. The van der Waals surface area contributed by atoms with Gasteiger partial charge in [0.05, 0.1) is 17.6 Å². The molecule has 2 aromatic rings. The Morgan fingerprint density at radius 1 is 1.33 bits per heavy atom. The number of nitrogen functional groups attached to an aromatic ring is 1. The second kappa shape index (κ2) is 6.35. The topological polar surface area (TPSA) is 80.9 Å². The SMILES string of the molecule is CCC(C)C(=O)Nc1ncc(-c2ccc(N)cc2)nc1C. The predicted octanol–water partition coefficient (Wildman–Crippen LogP) is 3.02. The van der Waals surface area contributed by atoms with Crippen molar-refractivity contribution >= 4 is 17.4 Å². The standard InChI is InChI=1S/C16H20N4O/c1-4-10(2)16(21)20-15-11(3)19-14(9-18-15)12-5-7-13(17)8-6-12/h5-10H,4,17H2,1-3H3,(H,18,20,21). The number of hydrogen-bond acceptors (Lipinski definition) is 4. The molecular formula is C16H20N4O. The molecule has 1 atom stereocenters. The van der Waals surface area contributed by atoms with Crippen LogP contribution in [0.5, 0.6) is 0 Å². The maximum absolute atomic E-state index is 11.9. The lowest BCUT2D eigenvalue weighted by Gasteiger charge is -2.11. The molecule has 0 fully saturated rings. The van der Waals surface area contributed by atoms with Crippen LogP contribution >= 0.6 is 0 Å². The Labute approximate surface area is 124 Å². The number of anilines is 2. The number of nitrogens with two attached hydrogens (primary N) is 1. The Hall–Kier alpha value is -2.43. The van der Waals surface area contributed by atoms with Gasteiger partial charge < -0.3 is 11.1 Å². The number of nitrogens with one attached hydrogen (secondary N) is 1. The summed E-state index contributed by atoms with van der Waals surface area (Å²) >= 11 is 0. The summed E-state index contributed by atoms with van der Waals surface area (Å²) < 4.78 is 0. The highest BCUT2D eigenvalue weighted by Crippen LogP contribution is 2.20. The van der Waals surface area contributed by atoms with E-state index in [0.29, 0.717) is 17.2 Å². The Morgan fingerprint density at radius 3 is 2.57 bits per heavy atom. The Kier molecular flexibility index (Phi) is 4.52. The molecule has 1 heterocycles. The molecule has 1 unspecified atom stereocenters. The average Bonchev–Trinajstić information content (AvgIpc) is 2.49. The first-order valence-electron chi connectivity index (χ1n) is 7.01. The highest BCUT2D eigenvalue weighted by molar-refractivity contribution is 5.91. The van der Waals surface area contributed by atoms with Crippen LogP contribution in [0, 0.1) is 12.8 Å². The van der Waals surface area contributed by atoms with E-state index < -0.39 is 0 Å². The van der Waals surface area contributed by atoms with Gasteiger partial charge in [-0.05, 0) is 25.5 Å². The van der Waals surface area contributed by atoms with Gasteiger partial charge in [-0.1, -0.05) is 26.0 Å². The van der Waals surface area contributed by atoms with E-state index in [1.807, 2.05) is 45.0 Å². The summed E-state index contributed by atoms with van der Waals surface area (Å²) in [5.41, 5.74) is 8.78. The number of aromatic nitrogens is 2. The minimum atomic E-state index is -0.0389. The first-order valence-corrected chi connectivity index (χ1v) is 7.01. The number of carbonyl (C=O) groups is 1. The first kappa shape index (κ1) is 15.0. The fraction of sp³-hybridized carbons (Fsp3) is 0.312. The largest absolute Gasteiger partial charge is 0.399 e. The highest BCUT2D eigenvalue weighted by Gasteiger charge is 2.13. The van der Waals surface area contributed by atoms with Crippen molar-refractivity contribution in [2.24, 2.45) is 5.92 Å². The summed E-state index contributed by atoms with van der Waals surface area (Å²) in [6, 6.07) is 7.45. The third-order valence-corrected chi connectivity index (χ3v) is 3.45. The number of amides is 1. The van der Waals surface area contributed by atoms with E-state index in [1.165, 1.54) is 0 Å². The van der Waals surface area contributed by atoms with Gasteiger partial charge in [-0.3, -0.25) is 4.79 Å². The lowest BCUT2D eigenvalue weighted by atomic mass is 10.1. The van der Waals surface area contributed by atoms with Gasteiger partial charge in [0.15, 0.2) is 5.82 Å². The Bertz CT molecular complexity index is 637. The summed E-state index contributed by atoms with van der Waals surface area (Å²) in [6.45, 7) is 5.70. The molecule has 1 aromatic carbocycles. The predicted molar refractivity (Wildman–Crippen MR) is 84.7 cm³/mol. The summed E-state index contributed by atoms with van der Waals surface area (Å²) in [4.78, 5) is 20.7. The maximum Gasteiger partial charge on any atom is 0.228 e. The van der Waals surface area contributed by atoms with Crippen molar-refractivity contribution in [2.45, 2.75) is 27.2 Å². The van der Waals surface area contributed by atoms with Crippen LogP contribution in [-0.4, -0.2) is 15.9 Å². The number of nitrogens with zero attached hydrogens (tertiary/aromatic N) is 2. The van der Waals surface area contributed by atoms with Crippen LogP contribution in [-0.2, 0) is 4.79 Å². The van der Waals surface area contributed by atoms with E-state index in [1.54, 1.807) is 6.20 Å². The number of hydrogen-bond donors (Lipinski definition) is 2. The number of benzene rings is 1. The third kappa shape index (κ3) is 3.56. The van der Waals surface area contributed by atoms with Gasteiger partial charge in [-0.25, -0.2) is 9.97 Å². The van der Waals surface area contributed by atoms with Crippen LogP contribution < -0.4 is 11.1 Å². The molecule has 0 aliphatic rings. The van der Waals surface area contributed by atoms with Gasteiger partial charge in [0.2, 0.25) is 5.91 Å². The minimum absolute atomic E-state index is 0.0323. The first-order chi connectivity index (χ1) is 10.0. The van der Waals surface area contributed by atoms with Crippen LogP contribution in [0.25, 0.3) is 11.3 Å². The van der Waals surface area contributed by atoms with Crippen LogP contribution in [0.15, 0.2) is 30.5 Å². The fourth-order valence-electron chi connectivity index (χ4n) is 1.82. The van der Waals surface area contributed by atoms with E-state index in [9.17, 15) is 4.79 Å². The molecule has 0 spiro atoms. The molecule has 0 bridgehead atoms. The minimum Gasteiger partial charge on any atom is -0.399 e. The van der Waals surface area contributed by atoms with Gasteiger partial charge in [0, 0.05) is 17.2 Å². The average molecular weight is 284 g/mol. The number of carbonyl (C=O) groups excluding carboxylic acids is 1. The molecule has 0 aliphatic heterocycles. The van der Waals surface area contributed by atoms with Crippen molar-refractivity contribution in [2.75, 3.05) is 11.1 Å². The lowest BCUT2D eigenvalue weighted by Crippen LogP contribution is -2.21. The number of aryl methyl sites for hydroxylation is 1. The summed E-state index contributed by atoms with van der Waals surface area (Å²) in [5, 5.41) is 2.82. The molecule has 3 N–H and O–H groups in total. The van der Waals surface area contributed by atoms with Crippen LogP contribution in [0.2, 0.25) is 0 Å². The third-order valence-electron chi connectivity index (χ3n) is 3.45. The molecule has 5 heteroatoms. The van der Waals surface area contributed by atoms with Crippen molar-refractivity contribution in [3.63, 3.8) is 0 Å². The Balaban J connectivity index is 2.21.